The van der Waals surface area contributed by atoms with Gasteiger partial charge in [-0.1, -0.05) is 29.3 Å². The van der Waals surface area contributed by atoms with Crippen molar-refractivity contribution < 1.29 is 4.42 Å². The summed E-state index contributed by atoms with van der Waals surface area (Å²) in [5.41, 5.74) is 0.830. The average Bonchev–Trinajstić information content (AvgIpc) is 2.82. The summed E-state index contributed by atoms with van der Waals surface area (Å²) in [7, 11) is 0. The van der Waals surface area contributed by atoms with Gasteiger partial charge < -0.3 is 4.42 Å². The van der Waals surface area contributed by atoms with Crippen LogP contribution in [0.4, 0.5) is 0 Å². The third-order valence-corrected chi connectivity index (χ3v) is 2.68. The first-order chi connectivity index (χ1) is 8.25. The summed E-state index contributed by atoms with van der Waals surface area (Å²) < 4.78 is 5.06. The smallest absolute Gasteiger partial charge is 0.146 e. The van der Waals surface area contributed by atoms with Gasteiger partial charge in [0.05, 0.1) is 28.7 Å². The quantitative estimate of drug-likeness (QED) is 0.610. The van der Waals surface area contributed by atoms with Crippen LogP contribution in [-0.4, -0.2) is 12.4 Å². The summed E-state index contributed by atoms with van der Waals surface area (Å²) in [6.45, 7) is 0. The van der Waals surface area contributed by atoms with Crippen molar-refractivity contribution >= 4 is 35.6 Å². The minimum absolute atomic E-state index is 0.491. The van der Waals surface area contributed by atoms with Crippen molar-refractivity contribution in [1.29, 1.82) is 0 Å². The van der Waals surface area contributed by atoms with Gasteiger partial charge in [-0.3, -0.25) is 0 Å². The Labute approximate surface area is 108 Å². The molecule has 0 amide bonds. The first kappa shape index (κ1) is 11.9. The summed E-state index contributed by atoms with van der Waals surface area (Å²) in [5.74, 6) is 0.649. The van der Waals surface area contributed by atoms with Gasteiger partial charge in [0.2, 0.25) is 0 Å². The van der Waals surface area contributed by atoms with E-state index in [1.165, 1.54) is 6.21 Å². The van der Waals surface area contributed by atoms with Crippen LogP contribution in [0.25, 0.3) is 0 Å². The molecule has 0 aliphatic carbocycles. The van der Waals surface area contributed by atoms with Crippen LogP contribution in [0, 0.1) is 0 Å². The Balaban J connectivity index is 2.03. The van der Waals surface area contributed by atoms with Crippen LogP contribution in [0.3, 0.4) is 0 Å². The minimum Gasteiger partial charge on any atom is -0.463 e. The van der Waals surface area contributed by atoms with Gasteiger partial charge in [-0.15, -0.1) is 0 Å². The maximum absolute atomic E-state index is 5.86. The highest BCUT2D eigenvalue weighted by molar-refractivity contribution is 6.42. The van der Waals surface area contributed by atoms with Crippen LogP contribution < -0.4 is 0 Å². The van der Waals surface area contributed by atoms with Crippen LogP contribution >= 0.6 is 23.2 Å². The molecule has 5 heteroatoms. The fourth-order valence-corrected chi connectivity index (χ4v) is 1.45. The average molecular weight is 267 g/mol. The number of rotatable bonds is 3. The Kier molecular flexibility index (Phi) is 3.96. The van der Waals surface area contributed by atoms with Crippen LogP contribution in [0.2, 0.25) is 10.0 Å². The molecule has 2 aromatic rings. The molecule has 0 bridgehead atoms. The highest BCUT2D eigenvalue weighted by Crippen LogP contribution is 2.21. The highest BCUT2D eigenvalue weighted by atomic mass is 35.5. The van der Waals surface area contributed by atoms with E-state index in [0.717, 1.165) is 5.56 Å². The normalized spacial score (nSPS) is 11.6. The Morgan fingerprint density at radius 3 is 2.53 bits per heavy atom. The van der Waals surface area contributed by atoms with Crippen molar-refractivity contribution in [2.75, 3.05) is 0 Å². The monoisotopic (exact) mass is 266 g/mol. The van der Waals surface area contributed by atoms with E-state index >= 15 is 0 Å². The lowest BCUT2D eigenvalue weighted by molar-refractivity contribution is 0.560. The minimum atomic E-state index is 0.491. The zero-order valence-corrected chi connectivity index (χ0v) is 10.2. The van der Waals surface area contributed by atoms with Crippen LogP contribution in [0.1, 0.15) is 11.3 Å². The van der Waals surface area contributed by atoms with E-state index in [9.17, 15) is 0 Å². The molecule has 1 aromatic carbocycles. The van der Waals surface area contributed by atoms with Crippen molar-refractivity contribution in [2.45, 2.75) is 0 Å². The second kappa shape index (κ2) is 5.66. The third-order valence-electron chi connectivity index (χ3n) is 1.95. The number of hydrogen-bond acceptors (Lipinski definition) is 3. The highest BCUT2D eigenvalue weighted by Gasteiger charge is 1.96. The molecule has 0 N–H and O–H groups in total. The zero-order chi connectivity index (χ0) is 12.1. The van der Waals surface area contributed by atoms with E-state index in [1.807, 2.05) is 0 Å². The molecule has 0 saturated carbocycles. The van der Waals surface area contributed by atoms with Gasteiger partial charge in [0.15, 0.2) is 0 Å². The molecule has 0 unspecified atom stereocenters. The lowest BCUT2D eigenvalue weighted by Crippen LogP contribution is -1.80. The van der Waals surface area contributed by atoms with E-state index in [4.69, 9.17) is 27.6 Å². The van der Waals surface area contributed by atoms with Crippen molar-refractivity contribution in [3.8, 4) is 0 Å². The molecule has 1 aromatic heterocycles. The van der Waals surface area contributed by atoms with Gasteiger partial charge in [-0.05, 0) is 29.8 Å². The van der Waals surface area contributed by atoms with E-state index in [0.29, 0.717) is 15.8 Å². The lowest BCUT2D eigenvalue weighted by atomic mass is 10.2. The number of furan rings is 1. The van der Waals surface area contributed by atoms with Gasteiger partial charge >= 0.3 is 0 Å². The second-order valence-corrected chi connectivity index (χ2v) is 3.99. The van der Waals surface area contributed by atoms with Gasteiger partial charge in [0.25, 0.3) is 0 Å². The Morgan fingerprint density at radius 1 is 1.00 bits per heavy atom. The molecule has 0 atom stereocenters. The molecule has 0 saturated heterocycles. The molecule has 3 nitrogen and oxygen atoms in total. The van der Waals surface area contributed by atoms with Crippen molar-refractivity contribution in [3.63, 3.8) is 0 Å². The molecular weight excluding hydrogens is 259 g/mol. The van der Waals surface area contributed by atoms with Crippen LogP contribution in [0.5, 0.6) is 0 Å². The Morgan fingerprint density at radius 2 is 1.82 bits per heavy atom. The molecule has 0 spiro atoms. The van der Waals surface area contributed by atoms with Crippen molar-refractivity contribution in [2.24, 2.45) is 10.2 Å². The molecular formula is C12H8Cl2N2O. The summed E-state index contributed by atoms with van der Waals surface area (Å²) >= 11 is 11.7. The Bertz CT molecular complexity index is 548. The standard InChI is InChI=1S/C12H8Cl2N2O/c13-11-4-3-9(6-12(11)14)7-15-16-8-10-2-1-5-17-10/h1-8H/b15-7+,16-8+. The molecule has 17 heavy (non-hydrogen) atoms. The summed E-state index contributed by atoms with van der Waals surface area (Å²) in [6, 6.07) is 8.81. The fourth-order valence-electron chi connectivity index (χ4n) is 1.15. The van der Waals surface area contributed by atoms with Crippen molar-refractivity contribution in [1.82, 2.24) is 0 Å². The van der Waals surface area contributed by atoms with E-state index in [-0.39, 0.29) is 0 Å². The number of halogens is 2. The number of benzene rings is 1. The summed E-state index contributed by atoms with van der Waals surface area (Å²) in [5, 5.41) is 8.71. The molecule has 0 aliphatic rings. The Hall–Kier alpha value is -1.58. The van der Waals surface area contributed by atoms with Crippen molar-refractivity contribution in [3.05, 3.63) is 58.0 Å². The predicted octanol–water partition coefficient (Wildman–Crippen LogP) is 4.04. The maximum Gasteiger partial charge on any atom is 0.146 e. The van der Waals surface area contributed by atoms with Crippen LogP contribution in [-0.2, 0) is 0 Å². The first-order valence-electron chi connectivity index (χ1n) is 4.80. The predicted molar refractivity (Wildman–Crippen MR) is 70.4 cm³/mol. The van der Waals surface area contributed by atoms with Gasteiger partial charge in [0.1, 0.15) is 5.76 Å². The second-order valence-electron chi connectivity index (χ2n) is 3.18. The topological polar surface area (TPSA) is 37.9 Å². The summed E-state index contributed by atoms with van der Waals surface area (Å²) in [6.07, 6.45) is 4.68. The molecule has 1 heterocycles. The molecule has 0 fully saturated rings. The third kappa shape index (κ3) is 3.44. The zero-order valence-electron chi connectivity index (χ0n) is 8.68. The fraction of sp³-hybridized carbons (Fsp3) is 0. The van der Waals surface area contributed by atoms with Crippen LogP contribution in [0.15, 0.2) is 51.2 Å². The van der Waals surface area contributed by atoms with Gasteiger partial charge in [-0.25, -0.2) is 0 Å². The lowest BCUT2D eigenvalue weighted by Gasteiger charge is -1.95. The molecule has 0 aliphatic heterocycles. The summed E-state index contributed by atoms with van der Waals surface area (Å²) in [4.78, 5) is 0. The van der Waals surface area contributed by atoms with E-state index in [1.54, 1.807) is 42.8 Å². The number of hydrogen-bond donors (Lipinski definition) is 0. The molecule has 0 radical (unpaired) electrons. The maximum atomic E-state index is 5.86. The largest absolute Gasteiger partial charge is 0.463 e. The van der Waals surface area contributed by atoms with Gasteiger partial charge in [-0.2, -0.15) is 10.2 Å². The van der Waals surface area contributed by atoms with Gasteiger partial charge in [0, 0.05) is 0 Å². The van der Waals surface area contributed by atoms with E-state index in [2.05, 4.69) is 10.2 Å². The number of nitrogens with zero attached hydrogens (tertiary/aromatic N) is 2. The molecule has 86 valence electrons. The SMILES string of the molecule is Clc1ccc(/C=N/N=C/c2ccco2)cc1Cl. The van der Waals surface area contributed by atoms with E-state index < -0.39 is 0 Å². The first-order valence-corrected chi connectivity index (χ1v) is 5.56. The molecule has 2 rings (SSSR count).